The molecule has 1 aliphatic heterocycles. The van der Waals surface area contributed by atoms with Crippen LogP contribution in [0.2, 0.25) is 0 Å². The summed E-state index contributed by atoms with van der Waals surface area (Å²) in [7, 11) is 0.923. The molecule has 7 heteroatoms. The van der Waals surface area contributed by atoms with Crippen LogP contribution < -0.4 is 4.74 Å². The molecule has 0 aliphatic carbocycles. The van der Waals surface area contributed by atoms with Crippen molar-refractivity contribution in [2.24, 2.45) is 0 Å². The van der Waals surface area contributed by atoms with Crippen molar-refractivity contribution in [3.8, 4) is 5.75 Å². The average molecular weight is 294 g/mol. The molecule has 0 N–H and O–H groups in total. The topological polar surface area (TPSA) is 27.7 Å². The molecule has 0 spiro atoms. The van der Waals surface area contributed by atoms with Gasteiger partial charge in [-0.05, 0) is 19.3 Å². The normalized spacial score (nSPS) is 19.1. The Balaban J connectivity index is 2.18. The molecule has 1 heterocycles. The van der Waals surface area contributed by atoms with Gasteiger partial charge in [0.15, 0.2) is 23.7 Å². The van der Waals surface area contributed by atoms with Crippen LogP contribution in [0.1, 0.15) is 24.8 Å². The molecule has 0 aromatic heterocycles. The van der Waals surface area contributed by atoms with Gasteiger partial charge < -0.3 is 14.2 Å². The third kappa shape index (κ3) is 2.88. The van der Waals surface area contributed by atoms with Gasteiger partial charge in [-0.2, -0.15) is 8.78 Å². The molecule has 1 saturated heterocycles. The highest BCUT2D eigenvalue weighted by Gasteiger charge is 2.27. The summed E-state index contributed by atoms with van der Waals surface area (Å²) in [5.41, 5.74) is -0.810. The molecule has 1 aliphatic rings. The molecule has 20 heavy (non-hydrogen) atoms. The number of methoxy groups -OCH3 is 1. The summed E-state index contributed by atoms with van der Waals surface area (Å²) < 4.78 is 68.9. The third-order valence-corrected chi connectivity index (χ3v) is 3.07. The van der Waals surface area contributed by atoms with Crippen molar-refractivity contribution in [2.75, 3.05) is 13.7 Å². The largest absolute Gasteiger partial charge is 0.491 e. The van der Waals surface area contributed by atoms with E-state index in [0.717, 1.165) is 20.0 Å². The van der Waals surface area contributed by atoms with E-state index in [1.165, 1.54) is 0 Å². The Labute approximate surface area is 113 Å². The van der Waals surface area contributed by atoms with Gasteiger partial charge in [-0.15, -0.1) is 0 Å². The van der Waals surface area contributed by atoms with Gasteiger partial charge in [-0.1, -0.05) is 0 Å². The summed E-state index contributed by atoms with van der Waals surface area (Å²) in [5.74, 6) is -7.27. The van der Waals surface area contributed by atoms with Gasteiger partial charge in [0.2, 0.25) is 11.6 Å². The first-order valence-corrected chi connectivity index (χ1v) is 6.18. The number of benzene rings is 1. The SMILES string of the molecule is COc1c(F)c(F)c(COC2CCCCO2)c(F)c1F. The Morgan fingerprint density at radius 2 is 1.70 bits per heavy atom. The van der Waals surface area contributed by atoms with Crippen molar-refractivity contribution in [3.05, 3.63) is 28.8 Å². The molecule has 112 valence electrons. The quantitative estimate of drug-likeness (QED) is 0.630. The molecular formula is C13H14F4O3. The van der Waals surface area contributed by atoms with Gasteiger partial charge in [-0.3, -0.25) is 0 Å². The molecule has 1 aromatic carbocycles. The summed E-state index contributed by atoms with van der Waals surface area (Å²) in [6.45, 7) is -0.124. The predicted molar refractivity (Wildman–Crippen MR) is 61.2 cm³/mol. The zero-order valence-electron chi connectivity index (χ0n) is 10.8. The van der Waals surface area contributed by atoms with Crippen LogP contribution in [0.3, 0.4) is 0 Å². The molecule has 0 amide bonds. The number of ether oxygens (including phenoxy) is 3. The first-order chi connectivity index (χ1) is 9.56. The van der Waals surface area contributed by atoms with Crippen LogP contribution in [-0.2, 0) is 16.1 Å². The Kier molecular flexibility index (Phi) is 4.82. The Bertz CT molecular complexity index is 458. The van der Waals surface area contributed by atoms with E-state index in [1.54, 1.807) is 0 Å². The lowest BCUT2D eigenvalue weighted by molar-refractivity contribution is -0.169. The maximum atomic E-state index is 13.7. The standard InChI is InChI=1S/C13H14F4O3/c1-18-13-11(16)9(14)7(10(15)12(13)17)6-20-8-4-2-3-5-19-8/h8H,2-6H2,1H3. The molecular weight excluding hydrogens is 280 g/mol. The van der Waals surface area contributed by atoms with Crippen LogP contribution >= 0.6 is 0 Å². The highest BCUT2D eigenvalue weighted by Crippen LogP contribution is 2.30. The van der Waals surface area contributed by atoms with Gasteiger partial charge in [0, 0.05) is 6.61 Å². The van der Waals surface area contributed by atoms with Crippen molar-refractivity contribution < 1.29 is 31.8 Å². The van der Waals surface area contributed by atoms with E-state index in [2.05, 4.69) is 4.74 Å². The molecule has 1 atom stereocenters. The number of halogens is 4. The van der Waals surface area contributed by atoms with E-state index in [4.69, 9.17) is 9.47 Å². The Morgan fingerprint density at radius 3 is 2.20 bits per heavy atom. The van der Waals surface area contributed by atoms with E-state index in [-0.39, 0.29) is 0 Å². The molecule has 2 rings (SSSR count). The fraction of sp³-hybridized carbons (Fsp3) is 0.538. The second-order valence-electron chi connectivity index (χ2n) is 4.37. The first kappa shape index (κ1) is 15.1. The Morgan fingerprint density at radius 1 is 1.05 bits per heavy atom. The minimum absolute atomic E-state index is 0.487. The highest BCUT2D eigenvalue weighted by atomic mass is 19.2. The van der Waals surface area contributed by atoms with Crippen LogP contribution in [0.15, 0.2) is 0 Å². The lowest BCUT2D eigenvalue weighted by Crippen LogP contribution is -2.22. The monoisotopic (exact) mass is 294 g/mol. The van der Waals surface area contributed by atoms with E-state index in [0.29, 0.717) is 13.0 Å². The second kappa shape index (κ2) is 6.41. The molecule has 1 aromatic rings. The number of hydrogen-bond donors (Lipinski definition) is 0. The van der Waals surface area contributed by atoms with Crippen LogP contribution in [0, 0.1) is 23.3 Å². The van der Waals surface area contributed by atoms with Gasteiger partial charge >= 0.3 is 0 Å². The lowest BCUT2D eigenvalue weighted by atomic mass is 10.1. The maximum Gasteiger partial charge on any atom is 0.204 e. The molecule has 0 saturated carbocycles. The molecule has 1 fully saturated rings. The average Bonchev–Trinajstić information content (AvgIpc) is 2.47. The smallest absolute Gasteiger partial charge is 0.204 e. The van der Waals surface area contributed by atoms with Gasteiger partial charge in [0.05, 0.1) is 19.3 Å². The number of hydrogen-bond acceptors (Lipinski definition) is 3. The first-order valence-electron chi connectivity index (χ1n) is 6.18. The predicted octanol–water partition coefficient (Wildman–Crippen LogP) is 3.29. The fourth-order valence-corrected chi connectivity index (χ4v) is 1.98. The van der Waals surface area contributed by atoms with Crippen molar-refractivity contribution in [2.45, 2.75) is 32.2 Å². The molecule has 1 unspecified atom stereocenters. The lowest BCUT2D eigenvalue weighted by Gasteiger charge is -2.23. The van der Waals surface area contributed by atoms with Gasteiger partial charge in [0.25, 0.3) is 0 Å². The van der Waals surface area contributed by atoms with Crippen molar-refractivity contribution in [1.29, 1.82) is 0 Å². The second-order valence-corrected chi connectivity index (χ2v) is 4.37. The van der Waals surface area contributed by atoms with Crippen LogP contribution in [-0.4, -0.2) is 20.0 Å². The zero-order valence-corrected chi connectivity index (χ0v) is 10.8. The fourth-order valence-electron chi connectivity index (χ4n) is 1.98. The van der Waals surface area contributed by atoms with Gasteiger partial charge in [-0.25, -0.2) is 8.78 Å². The minimum atomic E-state index is -1.57. The van der Waals surface area contributed by atoms with Gasteiger partial charge in [0.1, 0.15) is 0 Å². The summed E-state index contributed by atoms with van der Waals surface area (Å²) in [6.07, 6.45) is 1.70. The molecule has 0 bridgehead atoms. The van der Waals surface area contributed by atoms with Crippen molar-refractivity contribution >= 4 is 0 Å². The zero-order chi connectivity index (χ0) is 14.7. The summed E-state index contributed by atoms with van der Waals surface area (Å²) in [5, 5.41) is 0. The molecule has 3 nitrogen and oxygen atoms in total. The van der Waals surface area contributed by atoms with E-state index in [9.17, 15) is 17.6 Å². The third-order valence-electron chi connectivity index (χ3n) is 3.07. The summed E-state index contributed by atoms with van der Waals surface area (Å²) in [6, 6.07) is 0. The van der Waals surface area contributed by atoms with Crippen molar-refractivity contribution in [1.82, 2.24) is 0 Å². The molecule has 0 radical (unpaired) electrons. The van der Waals surface area contributed by atoms with Crippen molar-refractivity contribution in [3.63, 3.8) is 0 Å². The maximum absolute atomic E-state index is 13.7. The Hall–Kier alpha value is -1.34. The summed E-state index contributed by atoms with van der Waals surface area (Å²) in [4.78, 5) is 0. The highest BCUT2D eigenvalue weighted by molar-refractivity contribution is 5.34. The van der Waals surface area contributed by atoms with E-state index < -0.39 is 47.5 Å². The number of rotatable bonds is 4. The van der Waals surface area contributed by atoms with Crippen LogP contribution in [0.5, 0.6) is 5.75 Å². The minimum Gasteiger partial charge on any atom is -0.491 e. The van der Waals surface area contributed by atoms with Crippen LogP contribution in [0.25, 0.3) is 0 Å². The summed E-state index contributed by atoms with van der Waals surface area (Å²) >= 11 is 0. The van der Waals surface area contributed by atoms with Crippen LogP contribution in [0.4, 0.5) is 17.6 Å². The van der Waals surface area contributed by atoms with E-state index in [1.807, 2.05) is 0 Å². The van der Waals surface area contributed by atoms with E-state index >= 15 is 0 Å².